The van der Waals surface area contributed by atoms with Crippen molar-refractivity contribution in [2.45, 2.75) is 19.0 Å². The average Bonchev–Trinajstić information content (AvgIpc) is 2.98. The second-order valence-corrected chi connectivity index (χ2v) is 9.47. The summed E-state index contributed by atoms with van der Waals surface area (Å²) in [6.45, 7) is 2.06. The van der Waals surface area contributed by atoms with Gasteiger partial charge in [-0.2, -0.15) is 0 Å². The van der Waals surface area contributed by atoms with E-state index in [1.54, 1.807) is 12.5 Å². The second kappa shape index (κ2) is 5.09. The lowest BCUT2D eigenvalue weighted by Gasteiger charge is -2.16. The van der Waals surface area contributed by atoms with Crippen LogP contribution in [0.2, 0.25) is 5.02 Å². The summed E-state index contributed by atoms with van der Waals surface area (Å²) in [7, 11) is -2.56. The molecule has 0 amide bonds. The Bertz CT molecular complexity index is 887. The van der Waals surface area contributed by atoms with E-state index < -0.39 is 7.14 Å². The summed E-state index contributed by atoms with van der Waals surface area (Å²) in [5.74, 6) is 0.675. The van der Waals surface area contributed by atoms with Gasteiger partial charge in [0, 0.05) is 22.3 Å². The fourth-order valence-corrected chi connectivity index (χ4v) is 7.35. The highest BCUT2D eigenvalue weighted by Crippen LogP contribution is 2.69. The average molecular weight is 350 g/mol. The Hall–Kier alpha value is -1.35. The predicted molar refractivity (Wildman–Crippen MR) is 91.2 cm³/mol. The van der Waals surface area contributed by atoms with Gasteiger partial charge in [0.2, 0.25) is 0 Å². The SMILES string of the molecule is CCC(c1cccc(Cl)c1)P1(=O)c2coc(-c3nccs3)c21. The number of benzene rings is 1. The van der Waals surface area contributed by atoms with Gasteiger partial charge in [-0.1, -0.05) is 30.7 Å². The van der Waals surface area contributed by atoms with Gasteiger partial charge >= 0.3 is 0 Å². The molecule has 1 aromatic carbocycles. The molecule has 3 heterocycles. The Kier molecular flexibility index (Phi) is 3.30. The molecule has 1 aliphatic heterocycles. The molecule has 1 aliphatic rings. The van der Waals surface area contributed by atoms with E-state index in [1.807, 2.05) is 29.6 Å². The van der Waals surface area contributed by atoms with Crippen LogP contribution in [0, 0.1) is 0 Å². The second-order valence-electron chi connectivity index (χ2n) is 5.27. The zero-order chi connectivity index (χ0) is 15.3. The molecule has 112 valence electrons. The molecule has 3 nitrogen and oxygen atoms in total. The Morgan fingerprint density at radius 3 is 3.00 bits per heavy atom. The van der Waals surface area contributed by atoms with E-state index in [1.165, 1.54) is 11.3 Å². The Morgan fingerprint density at radius 1 is 1.45 bits per heavy atom. The van der Waals surface area contributed by atoms with Gasteiger partial charge < -0.3 is 8.98 Å². The lowest BCUT2D eigenvalue weighted by atomic mass is 10.1. The third-order valence-corrected chi connectivity index (χ3v) is 8.55. The third kappa shape index (κ3) is 1.95. The van der Waals surface area contributed by atoms with E-state index in [4.69, 9.17) is 16.0 Å². The van der Waals surface area contributed by atoms with Crippen LogP contribution in [0.15, 0.2) is 46.5 Å². The Labute approximate surface area is 137 Å². The van der Waals surface area contributed by atoms with Crippen molar-refractivity contribution in [3.8, 4) is 10.8 Å². The number of halogens is 1. The van der Waals surface area contributed by atoms with Crippen molar-refractivity contribution >= 4 is 40.7 Å². The first kappa shape index (κ1) is 14.3. The van der Waals surface area contributed by atoms with Crippen LogP contribution in [0.4, 0.5) is 0 Å². The van der Waals surface area contributed by atoms with Crippen molar-refractivity contribution in [3.05, 3.63) is 52.7 Å². The van der Waals surface area contributed by atoms with E-state index >= 15 is 0 Å². The van der Waals surface area contributed by atoms with Crippen LogP contribution in [0.3, 0.4) is 0 Å². The van der Waals surface area contributed by atoms with Gasteiger partial charge in [0.05, 0.1) is 10.6 Å². The number of aromatic nitrogens is 1. The number of thiazole rings is 1. The van der Waals surface area contributed by atoms with Crippen LogP contribution in [-0.2, 0) is 4.57 Å². The monoisotopic (exact) mass is 349 g/mol. The predicted octanol–water partition coefficient (Wildman–Crippen LogP) is 4.84. The molecular formula is C16H13ClNO2PS. The smallest absolute Gasteiger partial charge is 0.174 e. The minimum atomic E-state index is -2.56. The maximum absolute atomic E-state index is 13.5. The van der Waals surface area contributed by atoms with Gasteiger partial charge in [-0.25, -0.2) is 4.98 Å². The van der Waals surface area contributed by atoms with Gasteiger partial charge in [-0.05, 0) is 24.1 Å². The molecule has 0 saturated carbocycles. The van der Waals surface area contributed by atoms with E-state index in [2.05, 4.69) is 11.9 Å². The number of hydrogen-bond donors (Lipinski definition) is 0. The summed E-state index contributed by atoms with van der Waals surface area (Å²) in [5.41, 5.74) is 0.992. The molecule has 2 atom stereocenters. The van der Waals surface area contributed by atoms with Crippen LogP contribution in [0.25, 0.3) is 10.8 Å². The van der Waals surface area contributed by atoms with E-state index in [-0.39, 0.29) is 5.66 Å². The van der Waals surface area contributed by atoms with Crippen molar-refractivity contribution < 1.29 is 8.98 Å². The summed E-state index contributed by atoms with van der Waals surface area (Å²) in [6.07, 6.45) is 4.17. The fraction of sp³-hybridized carbons (Fsp3) is 0.188. The summed E-state index contributed by atoms with van der Waals surface area (Å²) in [4.78, 5) is 4.27. The molecule has 2 aromatic heterocycles. The third-order valence-electron chi connectivity index (χ3n) is 4.07. The molecule has 3 aromatic rings. The molecule has 0 fully saturated rings. The molecule has 0 radical (unpaired) electrons. The Balaban J connectivity index is 1.77. The molecular weight excluding hydrogens is 337 g/mol. The van der Waals surface area contributed by atoms with Crippen LogP contribution in [0.5, 0.6) is 0 Å². The molecule has 0 spiro atoms. The fourth-order valence-electron chi connectivity index (χ4n) is 3.06. The first-order chi connectivity index (χ1) is 10.7. The molecule has 22 heavy (non-hydrogen) atoms. The van der Waals surface area contributed by atoms with Crippen LogP contribution in [0.1, 0.15) is 24.6 Å². The van der Waals surface area contributed by atoms with E-state index in [0.29, 0.717) is 10.8 Å². The maximum atomic E-state index is 13.5. The zero-order valence-electron chi connectivity index (χ0n) is 11.8. The number of nitrogens with zero attached hydrogens (tertiary/aromatic N) is 1. The summed E-state index contributed by atoms with van der Waals surface area (Å²) in [6, 6.07) is 7.66. The molecule has 4 rings (SSSR count). The molecule has 0 bridgehead atoms. The number of rotatable bonds is 4. The molecule has 0 N–H and O–H groups in total. The minimum absolute atomic E-state index is 0.0358. The maximum Gasteiger partial charge on any atom is 0.174 e. The van der Waals surface area contributed by atoms with Crippen molar-refractivity contribution in [1.82, 2.24) is 4.98 Å². The number of hydrogen-bond acceptors (Lipinski definition) is 4. The minimum Gasteiger partial charge on any atom is -0.460 e. The number of furan rings is 1. The lowest BCUT2D eigenvalue weighted by molar-refractivity contribution is 0.568. The van der Waals surface area contributed by atoms with Crippen molar-refractivity contribution in [2.75, 3.05) is 0 Å². The standard InChI is InChI=1S/C16H13ClNO2PS/c1-2-12(10-4-3-5-11(17)8-10)21(19)13-9-20-14(15(13)21)16-18-6-7-22-16/h3-9,12H,2H2,1H3. The summed E-state index contributed by atoms with van der Waals surface area (Å²) in [5, 5.41) is 5.10. The molecule has 2 unspecified atom stereocenters. The first-order valence-corrected chi connectivity index (χ1v) is 10.1. The highest BCUT2D eigenvalue weighted by atomic mass is 35.5. The zero-order valence-corrected chi connectivity index (χ0v) is 14.3. The highest BCUT2D eigenvalue weighted by molar-refractivity contribution is 7.89. The quantitative estimate of drug-likeness (QED) is 0.633. The molecule has 0 saturated heterocycles. The van der Waals surface area contributed by atoms with Crippen molar-refractivity contribution in [3.63, 3.8) is 0 Å². The first-order valence-electron chi connectivity index (χ1n) is 7.04. The normalized spacial score (nSPS) is 20.6. The highest BCUT2D eigenvalue weighted by Gasteiger charge is 2.56. The largest absolute Gasteiger partial charge is 0.460 e. The summed E-state index contributed by atoms with van der Waals surface area (Å²) < 4.78 is 19.1. The van der Waals surface area contributed by atoms with Crippen molar-refractivity contribution in [2.24, 2.45) is 0 Å². The van der Waals surface area contributed by atoms with Gasteiger partial charge in [0.1, 0.15) is 6.26 Å². The van der Waals surface area contributed by atoms with Gasteiger partial charge in [0.15, 0.2) is 17.9 Å². The van der Waals surface area contributed by atoms with E-state index in [9.17, 15) is 4.57 Å². The lowest BCUT2D eigenvalue weighted by Crippen LogP contribution is -1.98. The number of fused-ring (bicyclic) bond motifs is 1. The van der Waals surface area contributed by atoms with Gasteiger partial charge in [0.25, 0.3) is 0 Å². The van der Waals surface area contributed by atoms with Crippen LogP contribution in [-0.4, -0.2) is 4.98 Å². The van der Waals surface area contributed by atoms with E-state index in [0.717, 1.165) is 27.6 Å². The topological polar surface area (TPSA) is 43.1 Å². The van der Waals surface area contributed by atoms with Crippen LogP contribution < -0.4 is 10.6 Å². The summed E-state index contributed by atoms with van der Waals surface area (Å²) >= 11 is 7.60. The van der Waals surface area contributed by atoms with Gasteiger partial charge in [-0.15, -0.1) is 11.3 Å². The van der Waals surface area contributed by atoms with Crippen molar-refractivity contribution in [1.29, 1.82) is 0 Å². The Morgan fingerprint density at radius 2 is 2.32 bits per heavy atom. The van der Waals surface area contributed by atoms with Crippen LogP contribution >= 0.6 is 30.1 Å². The molecule has 6 heteroatoms. The molecule has 0 aliphatic carbocycles. The van der Waals surface area contributed by atoms with Gasteiger partial charge in [-0.3, -0.25) is 0 Å².